The van der Waals surface area contributed by atoms with Crippen LogP contribution in [0.15, 0.2) is 36.1 Å². The average molecular weight is 289 g/mol. The van der Waals surface area contributed by atoms with Crippen LogP contribution in [0, 0.1) is 10.1 Å². The maximum Gasteiger partial charge on any atom is 0.372 e. The molecule has 0 spiro atoms. The molecule has 0 amide bonds. The topological polar surface area (TPSA) is 85.4 Å². The fraction of sp³-hybridized carbons (Fsp3) is 0.167. The van der Waals surface area contributed by atoms with E-state index in [1.807, 2.05) is 19.1 Å². The summed E-state index contributed by atoms with van der Waals surface area (Å²) >= 11 is 1.36. The van der Waals surface area contributed by atoms with Crippen molar-refractivity contribution < 1.29 is 4.92 Å². The molecule has 0 saturated heterocycles. The summed E-state index contributed by atoms with van der Waals surface area (Å²) in [5, 5.41) is 16.1. The monoisotopic (exact) mass is 289 g/mol. The molecule has 0 aliphatic heterocycles. The van der Waals surface area contributed by atoms with Gasteiger partial charge in [0.1, 0.15) is 6.20 Å². The molecule has 0 aromatic carbocycles. The minimum Gasteiger partial charge on any atom is -0.358 e. The van der Waals surface area contributed by atoms with Gasteiger partial charge in [0.15, 0.2) is 0 Å². The van der Waals surface area contributed by atoms with Gasteiger partial charge < -0.3 is 15.4 Å². The second kappa shape index (κ2) is 4.89. The van der Waals surface area contributed by atoms with Crippen LogP contribution >= 0.6 is 11.3 Å². The summed E-state index contributed by atoms with van der Waals surface area (Å²) in [6, 6.07) is 3.63. The van der Waals surface area contributed by atoms with Crippen LogP contribution in [0.5, 0.6) is 0 Å². The van der Waals surface area contributed by atoms with Crippen molar-refractivity contribution >= 4 is 27.9 Å². The fourth-order valence-corrected chi connectivity index (χ4v) is 2.69. The van der Waals surface area contributed by atoms with E-state index < -0.39 is 4.92 Å². The number of hydrogen-bond donors (Lipinski definition) is 1. The third-order valence-corrected chi connectivity index (χ3v) is 3.73. The predicted octanol–water partition coefficient (Wildman–Crippen LogP) is 2.87. The van der Waals surface area contributed by atoms with Crippen LogP contribution in [0.1, 0.15) is 18.5 Å². The molecule has 0 fully saturated rings. The summed E-state index contributed by atoms with van der Waals surface area (Å²) in [6.45, 7) is 1.92. The zero-order valence-electron chi connectivity index (χ0n) is 10.6. The van der Waals surface area contributed by atoms with E-state index in [0.29, 0.717) is 4.96 Å². The van der Waals surface area contributed by atoms with Gasteiger partial charge in [0.2, 0.25) is 5.82 Å². The molecule has 20 heavy (non-hydrogen) atoms. The van der Waals surface area contributed by atoms with Crippen molar-refractivity contribution in [2.75, 3.05) is 5.32 Å². The summed E-state index contributed by atoms with van der Waals surface area (Å²) in [4.78, 5) is 19.6. The second-order valence-electron chi connectivity index (χ2n) is 4.24. The number of nitro groups is 1. The van der Waals surface area contributed by atoms with Crippen molar-refractivity contribution in [3.05, 3.63) is 51.8 Å². The molecule has 0 saturated carbocycles. The molecule has 3 aromatic rings. The number of thiazole rings is 1. The molecule has 0 aliphatic carbocycles. The Hall–Kier alpha value is -2.48. The Labute approximate surface area is 118 Å². The number of fused-ring (bicyclic) bond motifs is 1. The quantitative estimate of drug-likeness (QED) is 0.589. The second-order valence-corrected chi connectivity index (χ2v) is 5.12. The molecule has 0 radical (unpaired) electrons. The number of pyridine rings is 1. The van der Waals surface area contributed by atoms with Crippen molar-refractivity contribution in [1.29, 1.82) is 0 Å². The van der Waals surface area contributed by atoms with Crippen molar-refractivity contribution in [2.45, 2.75) is 13.0 Å². The molecule has 3 aromatic heterocycles. The summed E-state index contributed by atoms with van der Waals surface area (Å²) in [5.74, 6) is 0.244. The van der Waals surface area contributed by atoms with E-state index in [9.17, 15) is 10.1 Å². The summed E-state index contributed by atoms with van der Waals surface area (Å²) < 4.78 is 1.48. The van der Waals surface area contributed by atoms with Gasteiger partial charge in [0, 0.05) is 17.8 Å². The van der Waals surface area contributed by atoms with E-state index in [-0.39, 0.29) is 17.7 Å². The first kappa shape index (κ1) is 12.5. The number of imidazole rings is 1. The van der Waals surface area contributed by atoms with Gasteiger partial charge in [-0.15, -0.1) is 0 Å². The summed E-state index contributed by atoms with van der Waals surface area (Å²) in [5.41, 5.74) is 0.991. The van der Waals surface area contributed by atoms with E-state index in [1.165, 1.54) is 15.7 Å². The van der Waals surface area contributed by atoms with Crippen LogP contribution in [0.2, 0.25) is 0 Å². The number of aromatic nitrogens is 3. The van der Waals surface area contributed by atoms with Gasteiger partial charge in [-0.05, 0) is 29.5 Å². The van der Waals surface area contributed by atoms with Gasteiger partial charge in [-0.1, -0.05) is 11.3 Å². The van der Waals surface area contributed by atoms with Gasteiger partial charge in [-0.3, -0.25) is 4.98 Å². The number of rotatable bonds is 4. The van der Waals surface area contributed by atoms with Gasteiger partial charge in [0.25, 0.3) is 4.96 Å². The summed E-state index contributed by atoms with van der Waals surface area (Å²) in [6.07, 6.45) is 5.02. The lowest BCUT2D eigenvalue weighted by Crippen LogP contribution is -2.08. The van der Waals surface area contributed by atoms with E-state index in [0.717, 1.165) is 5.56 Å². The van der Waals surface area contributed by atoms with Crippen LogP contribution < -0.4 is 5.32 Å². The van der Waals surface area contributed by atoms with Crippen molar-refractivity contribution in [2.24, 2.45) is 0 Å². The van der Waals surface area contributed by atoms with Crippen LogP contribution in [0.3, 0.4) is 0 Å². The minimum absolute atomic E-state index is 0.0397. The molecule has 1 atom stereocenters. The Bertz CT molecular complexity index is 752. The Kier molecular flexibility index (Phi) is 3.07. The highest BCUT2D eigenvalue weighted by Crippen LogP contribution is 2.30. The average Bonchev–Trinajstić information content (AvgIpc) is 2.99. The molecular weight excluding hydrogens is 278 g/mol. The molecule has 1 N–H and O–H groups in total. The normalized spacial score (nSPS) is 12.4. The highest BCUT2D eigenvalue weighted by atomic mass is 32.1. The number of nitrogens with one attached hydrogen (secondary N) is 1. The van der Waals surface area contributed by atoms with Crippen molar-refractivity contribution in [3.63, 3.8) is 0 Å². The maximum absolute atomic E-state index is 11.2. The SMILES string of the molecule is C[C@H](Nc1nc2sccn2c1[N+](=O)[O-])c1ccncc1. The smallest absolute Gasteiger partial charge is 0.358 e. The molecular formula is C12H11N5O2S. The molecule has 3 heterocycles. The van der Waals surface area contributed by atoms with Gasteiger partial charge in [-0.2, -0.15) is 9.38 Å². The molecule has 0 unspecified atom stereocenters. The third kappa shape index (κ3) is 2.10. The Morgan fingerprint density at radius 3 is 2.90 bits per heavy atom. The number of anilines is 1. The van der Waals surface area contributed by atoms with E-state index in [4.69, 9.17) is 0 Å². The maximum atomic E-state index is 11.2. The molecule has 8 heteroatoms. The summed E-state index contributed by atoms with van der Waals surface area (Å²) in [7, 11) is 0. The largest absolute Gasteiger partial charge is 0.372 e. The zero-order valence-corrected chi connectivity index (χ0v) is 11.4. The van der Waals surface area contributed by atoms with Crippen molar-refractivity contribution in [3.8, 4) is 0 Å². The van der Waals surface area contributed by atoms with E-state index >= 15 is 0 Å². The Morgan fingerprint density at radius 2 is 2.20 bits per heavy atom. The van der Waals surface area contributed by atoms with Crippen LogP contribution in [0.4, 0.5) is 11.6 Å². The lowest BCUT2D eigenvalue weighted by atomic mass is 10.1. The molecule has 7 nitrogen and oxygen atoms in total. The highest BCUT2D eigenvalue weighted by Gasteiger charge is 2.24. The van der Waals surface area contributed by atoms with Crippen LogP contribution in [0.25, 0.3) is 4.96 Å². The highest BCUT2D eigenvalue weighted by molar-refractivity contribution is 7.15. The first-order valence-electron chi connectivity index (χ1n) is 5.93. The number of hydrogen-bond acceptors (Lipinski definition) is 6. The van der Waals surface area contributed by atoms with E-state index in [2.05, 4.69) is 15.3 Å². The third-order valence-electron chi connectivity index (χ3n) is 2.97. The van der Waals surface area contributed by atoms with Crippen molar-refractivity contribution in [1.82, 2.24) is 14.4 Å². The lowest BCUT2D eigenvalue weighted by molar-refractivity contribution is -0.389. The fourth-order valence-electron chi connectivity index (χ4n) is 1.99. The predicted molar refractivity (Wildman–Crippen MR) is 76.0 cm³/mol. The zero-order chi connectivity index (χ0) is 14.1. The Balaban J connectivity index is 1.96. The Morgan fingerprint density at radius 1 is 1.45 bits per heavy atom. The van der Waals surface area contributed by atoms with Gasteiger partial charge in [0.05, 0.1) is 6.04 Å². The molecule has 102 valence electrons. The number of nitrogens with zero attached hydrogens (tertiary/aromatic N) is 4. The molecule has 0 aliphatic rings. The first-order valence-corrected chi connectivity index (χ1v) is 6.81. The van der Waals surface area contributed by atoms with Crippen LogP contribution in [-0.2, 0) is 0 Å². The van der Waals surface area contributed by atoms with Gasteiger partial charge in [-0.25, -0.2) is 0 Å². The first-order chi connectivity index (χ1) is 9.66. The van der Waals surface area contributed by atoms with Crippen LogP contribution in [-0.4, -0.2) is 19.3 Å². The standard InChI is InChI=1S/C12H11N5O2S/c1-8(9-2-4-13-5-3-9)14-10-11(17(18)19)16-6-7-20-12(16)15-10/h2-8,14H,1H3/t8-/m0/s1. The lowest BCUT2D eigenvalue weighted by Gasteiger charge is -2.12. The molecule has 0 bridgehead atoms. The molecule has 3 rings (SSSR count). The minimum atomic E-state index is -0.422. The van der Waals surface area contributed by atoms with Gasteiger partial charge >= 0.3 is 5.82 Å². The van der Waals surface area contributed by atoms with E-state index in [1.54, 1.807) is 24.0 Å².